The van der Waals surface area contributed by atoms with Gasteiger partial charge in [-0.15, -0.1) is 0 Å². The van der Waals surface area contributed by atoms with Gasteiger partial charge in [-0.05, 0) is 47.0 Å². The Morgan fingerprint density at radius 1 is 1.35 bits per heavy atom. The summed E-state index contributed by atoms with van der Waals surface area (Å²) in [5.41, 5.74) is 5.78. The van der Waals surface area contributed by atoms with Crippen molar-refractivity contribution in [1.82, 2.24) is 4.72 Å². The number of hydrogen-bond acceptors (Lipinski definition) is 4. The molecule has 0 aliphatic heterocycles. The summed E-state index contributed by atoms with van der Waals surface area (Å²) in [5, 5.41) is 9.50. The Kier molecular flexibility index (Phi) is 4.73. The Morgan fingerprint density at radius 2 is 2.00 bits per heavy atom. The summed E-state index contributed by atoms with van der Waals surface area (Å²) in [5.74, 6) is 0. The second-order valence-electron chi connectivity index (χ2n) is 5.37. The first-order valence-corrected chi connectivity index (χ1v) is 8.82. The van der Waals surface area contributed by atoms with E-state index in [9.17, 15) is 13.5 Å². The van der Waals surface area contributed by atoms with Crippen LogP contribution in [-0.2, 0) is 10.0 Å². The molecule has 1 aromatic rings. The number of hydrogen-bond donors (Lipinski definition) is 3. The predicted octanol–water partition coefficient (Wildman–Crippen LogP) is 1.86. The first kappa shape index (κ1) is 15.8. The van der Waals surface area contributed by atoms with E-state index in [-0.39, 0.29) is 23.5 Å². The minimum absolute atomic E-state index is 0.0119. The Morgan fingerprint density at radius 3 is 2.55 bits per heavy atom. The molecular weight excluding hydrogens is 344 g/mol. The van der Waals surface area contributed by atoms with Crippen LogP contribution in [0.1, 0.15) is 25.7 Å². The molecule has 1 fully saturated rings. The second kappa shape index (κ2) is 6.01. The van der Waals surface area contributed by atoms with Gasteiger partial charge in [0.05, 0.1) is 4.90 Å². The largest absolute Gasteiger partial charge is 0.398 e. The summed E-state index contributed by atoms with van der Waals surface area (Å²) >= 11 is 3.24. The predicted molar refractivity (Wildman–Crippen MR) is 81.7 cm³/mol. The third-order valence-corrected chi connectivity index (χ3v) is 6.04. The highest BCUT2D eigenvalue weighted by Gasteiger charge is 2.34. The summed E-state index contributed by atoms with van der Waals surface area (Å²) in [6.45, 7) is 0.278. The van der Waals surface area contributed by atoms with Crippen LogP contribution in [0, 0.1) is 5.41 Å². The lowest BCUT2D eigenvalue weighted by molar-refractivity contribution is 0.134. The molecule has 7 heteroatoms. The number of aliphatic hydroxyl groups excluding tert-OH is 1. The summed E-state index contributed by atoms with van der Waals surface area (Å²) in [6, 6.07) is 4.54. The molecule has 0 spiro atoms. The van der Waals surface area contributed by atoms with Gasteiger partial charge in [0.1, 0.15) is 0 Å². The minimum atomic E-state index is -3.60. The number of anilines is 1. The molecule has 0 saturated heterocycles. The lowest BCUT2D eigenvalue weighted by Gasteiger charge is -2.26. The zero-order valence-corrected chi connectivity index (χ0v) is 13.5. The van der Waals surface area contributed by atoms with E-state index in [1.807, 2.05) is 0 Å². The van der Waals surface area contributed by atoms with Gasteiger partial charge in [-0.25, -0.2) is 13.1 Å². The molecule has 0 radical (unpaired) electrons. The van der Waals surface area contributed by atoms with Crippen molar-refractivity contribution in [3.05, 3.63) is 22.7 Å². The molecule has 0 aromatic heterocycles. The summed E-state index contributed by atoms with van der Waals surface area (Å²) in [7, 11) is -3.60. The second-order valence-corrected chi connectivity index (χ2v) is 7.99. The molecule has 0 atom stereocenters. The van der Waals surface area contributed by atoms with Crippen LogP contribution in [0.3, 0.4) is 0 Å². The van der Waals surface area contributed by atoms with E-state index in [1.54, 1.807) is 6.07 Å². The Hall–Kier alpha value is -0.630. The SMILES string of the molecule is Nc1cc(S(=O)(=O)NCC2(CO)CCCC2)ccc1Br. The maximum absolute atomic E-state index is 12.2. The monoisotopic (exact) mass is 362 g/mol. The molecular formula is C13H19BrN2O3S. The fourth-order valence-electron chi connectivity index (χ4n) is 2.54. The number of rotatable bonds is 5. The Balaban J connectivity index is 2.13. The zero-order chi connectivity index (χ0) is 14.8. The minimum Gasteiger partial charge on any atom is -0.398 e. The fourth-order valence-corrected chi connectivity index (χ4v) is 3.98. The van der Waals surface area contributed by atoms with Crippen LogP contribution in [0.25, 0.3) is 0 Å². The van der Waals surface area contributed by atoms with E-state index in [1.165, 1.54) is 12.1 Å². The van der Waals surface area contributed by atoms with Gasteiger partial charge in [0.2, 0.25) is 10.0 Å². The zero-order valence-electron chi connectivity index (χ0n) is 11.1. The molecule has 112 valence electrons. The van der Waals surface area contributed by atoms with Crippen LogP contribution in [0.2, 0.25) is 0 Å². The number of aliphatic hydroxyl groups is 1. The van der Waals surface area contributed by atoms with Crippen LogP contribution in [0.5, 0.6) is 0 Å². The molecule has 1 saturated carbocycles. The van der Waals surface area contributed by atoms with Gasteiger partial charge in [0.15, 0.2) is 0 Å². The van der Waals surface area contributed by atoms with Gasteiger partial charge in [-0.3, -0.25) is 0 Å². The van der Waals surface area contributed by atoms with Crippen molar-refractivity contribution in [2.24, 2.45) is 5.41 Å². The van der Waals surface area contributed by atoms with Crippen molar-refractivity contribution >= 4 is 31.6 Å². The first-order valence-electron chi connectivity index (χ1n) is 6.54. The summed E-state index contributed by atoms with van der Waals surface area (Å²) in [6.07, 6.45) is 3.78. The highest BCUT2D eigenvalue weighted by atomic mass is 79.9. The number of halogens is 1. The average molecular weight is 363 g/mol. The molecule has 4 N–H and O–H groups in total. The molecule has 1 aliphatic carbocycles. The molecule has 5 nitrogen and oxygen atoms in total. The lowest BCUT2D eigenvalue weighted by atomic mass is 9.88. The standard InChI is InChI=1S/C13H19BrN2O3S/c14-11-4-3-10(7-12(11)15)20(18,19)16-8-13(9-17)5-1-2-6-13/h3-4,7,16-17H,1-2,5-6,8-9,15H2. The third kappa shape index (κ3) is 3.33. The Bertz CT molecular complexity index is 583. The number of benzene rings is 1. The molecule has 2 rings (SSSR count). The fraction of sp³-hybridized carbons (Fsp3) is 0.538. The van der Waals surface area contributed by atoms with Crippen molar-refractivity contribution < 1.29 is 13.5 Å². The van der Waals surface area contributed by atoms with Crippen molar-refractivity contribution in [2.75, 3.05) is 18.9 Å². The summed E-state index contributed by atoms with van der Waals surface area (Å²) in [4.78, 5) is 0.143. The molecule has 0 unspecified atom stereocenters. The number of nitrogen functional groups attached to an aromatic ring is 1. The quantitative estimate of drug-likeness (QED) is 0.697. The number of sulfonamides is 1. The number of nitrogens with two attached hydrogens (primary N) is 1. The average Bonchev–Trinajstić information content (AvgIpc) is 2.89. The molecule has 1 aliphatic rings. The maximum Gasteiger partial charge on any atom is 0.240 e. The van der Waals surface area contributed by atoms with Crippen LogP contribution in [0.4, 0.5) is 5.69 Å². The smallest absolute Gasteiger partial charge is 0.240 e. The normalized spacial score (nSPS) is 18.3. The topological polar surface area (TPSA) is 92.4 Å². The van der Waals surface area contributed by atoms with E-state index >= 15 is 0 Å². The third-order valence-electron chi connectivity index (χ3n) is 3.91. The maximum atomic E-state index is 12.2. The van der Waals surface area contributed by atoms with E-state index < -0.39 is 10.0 Å². The van der Waals surface area contributed by atoms with Gasteiger partial charge in [0, 0.05) is 28.7 Å². The van der Waals surface area contributed by atoms with Crippen LogP contribution < -0.4 is 10.5 Å². The summed E-state index contributed by atoms with van der Waals surface area (Å²) < 4.78 is 27.8. The highest BCUT2D eigenvalue weighted by molar-refractivity contribution is 9.10. The first-order chi connectivity index (χ1) is 9.38. The van der Waals surface area contributed by atoms with Gasteiger partial charge in [0.25, 0.3) is 0 Å². The molecule has 0 amide bonds. The van der Waals surface area contributed by atoms with Gasteiger partial charge < -0.3 is 10.8 Å². The molecule has 20 heavy (non-hydrogen) atoms. The van der Waals surface area contributed by atoms with Crippen LogP contribution in [-0.4, -0.2) is 26.7 Å². The molecule has 1 aromatic carbocycles. The van der Waals surface area contributed by atoms with Crippen LogP contribution >= 0.6 is 15.9 Å². The highest BCUT2D eigenvalue weighted by Crippen LogP contribution is 2.37. The van der Waals surface area contributed by atoms with Gasteiger partial charge in [-0.1, -0.05) is 12.8 Å². The van der Waals surface area contributed by atoms with Gasteiger partial charge in [-0.2, -0.15) is 0 Å². The van der Waals surface area contributed by atoms with E-state index in [0.29, 0.717) is 10.2 Å². The van der Waals surface area contributed by atoms with Crippen molar-refractivity contribution in [2.45, 2.75) is 30.6 Å². The van der Waals surface area contributed by atoms with Crippen molar-refractivity contribution in [3.8, 4) is 0 Å². The van der Waals surface area contributed by atoms with Crippen molar-refractivity contribution in [1.29, 1.82) is 0 Å². The van der Waals surface area contributed by atoms with E-state index in [4.69, 9.17) is 5.73 Å². The van der Waals surface area contributed by atoms with Gasteiger partial charge >= 0.3 is 0 Å². The van der Waals surface area contributed by atoms with Crippen molar-refractivity contribution in [3.63, 3.8) is 0 Å². The van der Waals surface area contributed by atoms with E-state index in [2.05, 4.69) is 20.7 Å². The lowest BCUT2D eigenvalue weighted by Crippen LogP contribution is -2.38. The Labute approximate surface area is 127 Å². The molecule has 0 heterocycles. The van der Waals surface area contributed by atoms with E-state index in [0.717, 1.165) is 25.7 Å². The number of nitrogens with one attached hydrogen (secondary N) is 1. The molecule has 0 bridgehead atoms. The van der Waals surface area contributed by atoms with Crippen LogP contribution in [0.15, 0.2) is 27.6 Å².